The van der Waals surface area contributed by atoms with Crippen LogP contribution < -0.4 is 4.74 Å². The minimum atomic E-state index is -1.15. The Bertz CT molecular complexity index is 606. The van der Waals surface area contributed by atoms with Crippen LogP contribution in [0.3, 0.4) is 0 Å². The van der Waals surface area contributed by atoms with Crippen molar-refractivity contribution < 1.29 is 19.2 Å². The number of ether oxygens (including phenoxy) is 1. The highest BCUT2D eigenvalue weighted by atomic mass is 79.9. The smallest absolute Gasteiger partial charge is 0.374 e. The molecule has 0 radical (unpaired) electrons. The van der Waals surface area contributed by atoms with Crippen molar-refractivity contribution in [2.45, 2.75) is 6.92 Å². The molecule has 0 atom stereocenters. The van der Waals surface area contributed by atoms with Crippen LogP contribution >= 0.6 is 15.9 Å². The Kier molecular flexibility index (Phi) is 3.38. The molecule has 0 aliphatic heterocycles. The van der Waals surface area contributed by atoms with E-state index in [-0.39, 0.29) is 5.76 Å². The molecule has 0 aliphatic carbocycles. The fraction of sp³-hybridized carbons (Fsp3) is 0.167. The lowest BCUT2D eigenvalue weighted by Gasteiger charge is -2.08. The van der Waals surface area contributed by atoms with Gasteiger partial charge in [0, 0.05) is 21.7 Å². The van der Waals surface area contributed by atoms with E-state index in [1.54, 1.807) is 13.2 Å². The van der Waals surface area contributed by atoms with Crippen molar-refractivity contribution in [3.63, 3.8) is 0 Å². The minimum Gasteiger partial charge on any atom is -0.496 e. The first-order chi connectivity index (χ1) is 8.52. The predicted octanol–water partition coefficient (Wildman–Crippen LogP) is 3.12. The summed E-state index contributed by atoms with van der Waals surface area (Å²) in [5.41, 5.74) is 2.13. The molecular weight excluding hydrogens is 302 g/mol. The Hall–Kier alpha value is -1.82. The maximum atomic E-state index is 10.7. The van der Waals surface area contributed by atoms with Crippen LogP contribution in [0.5, 0.6) is 5.75 Å². The summed E-state index contributed by atoms with van der Waals surface area (Å²) < 4.78 is 10.8. The first kappa shape index (κ1) is 12.6. The standard InChI is InChI=1S/C12H10BrNO4/c1-6-8(13)3-7(4-10(6)17-2)9-5-11(12(15)16)18-14-9/h3-5H,1-2H3,(H,15,16). The van der Waals surface area contributed by atoms with Crippen LogP contribution in [-0.2, 0) is 0 Å². The van der Waals surface area contributed by atoms with Gasteiger partial charge in [0.25, 0.3) is 0 Å². The topological polar surface area (TPSA) is 72.6 Å². The highest BCUT2D eigenvalue weighted by Gasteiger charge is 2.14. The summed E-state index contributed by atoms with van der Waals surface area (Å²) in [6.45, 7) is 1.91. The molecule has 0 amide bonds. The van der Waals surface area contributed by atoms with E-state index >= 15 is 0 Å². The molecule has 0 saturated carbocycles. The van der Waals surface area contributed by atoms with Crippen molar-refractivity contribution >= 4 is 21.9 Å². The van der Waals surface area contributed by atoms with E-state index in [0.717, 1.165) is 15.6 Å². The minimum absolute atomic E-state index is 0.194. The molecule has 0 fully saturated rings. The molecular formula is C12H10BrNO4. The summed E-state index contributed by atoms with van der Waals surface area (Å²) in [6, 6.07) is 4.99. The fourth-order valence-corrected chi connectivity index (χ4v) is 1.97. The summed E-state index contributed by atoms with van der Waals surface area (Å²) in [6.07, 6.45) is 0. The van der Waals surface area contributed by atoms with Gasteiger partial charge in [-0.25, -0.2) is 4.79 Å². The average molecular weight is 312 g/mol. The normalized spacial score (nSPS) is 10.4. The molecule has 94 valence electrons. The zero-order chi connectivity index (χ0) is 13.3. The van der Waals surface area contributed by atoms with Crippen molar-refractivity contribution in [1.29, 1.82) is 0 Å². The largest absolute Gasteiger partial charge is 0.496 e. The second-order valence-corrected chi connectivity index (χ2v) is 4.52. The molecule has 5 nitrogen and oxygen atoms in total. The summed E-state index contributed by atoms with van der Waals surface area (Å²) in [5.74, 6) is -0.646. The number of hydrogen-bond donors (Lipinski definition) is 1. The Morgan fingerprint density at radius 3 is 2.72 bits per heavy atom. The summed E-state index contributed by atoms with van der Waals surface area (Å²) >= 11 is 3.42. The van der Waals surface area contributed by atoms with E-state index in [4.69, 9.17) is 14.4 Å². The number of carboxylic acids is 1. The number of nitrogens with zero attached hydrogens (tertiary/aromatic N) is 1. The molecule has 2 aromatic rings. The third kappa shape index (κ3) is 2.24. The van der Waals surface area contributed by atoms with Gasteiger partial charge in [-0.15, -0.1) is 0 Å². The van der Waals surface area contributed by atoms with E-state index in [0.29, 0.717) is 11.4 Å². The molecule has 1 N–H and O–H groups in total. The number of halogens is 1. The van der Waals surface area contributed by atoms with E-state index in [1.165, 1.54) is 6.07 Å². The lowest BCUT2D eigenvalue weighted by Crippen LogP contribution is -1.92. The highest BCUT2D eigenvalue weighted by Crippen LogP contribution is 2.32. The van der Waals surface area contributed by atoms with Crippen LogP contribution in [0.15, 0.2) is 27.2 Å². The van der Waals surface area contributed by atoms with Crippen LogP contribution in [0.25, 0.3) is 11.3 Å². The van der Waals surface area contributed by atoms with Gasteiger partial charge in [-0.3, -0.25) is 0 Å². The molecule has 0 spiro atoms. The van der Waals surface area contributed by atoms with Crippen LogP contribution in [0, 0.1) is 6.92 Å². The van der Waals surface area contributed by atoms with Gasteiger partial charge < -0.3 is 14.4 Å². The fourth-order valence-electron chi connectivity index (χ4n) is 1.53. The molecule has 2 rings (SSSR count). The lowest BCUT2D eigenvalue weighted by molar-refractivity contribution is 0.0652. The van der Waals surface area contributed by atoms with Gasteiger partial charge in [-0.05, 0) is 19.1 Å². The molecule has 0 aliphatic rings. The monoisotopic (exact) mass is 311 g/mol. The van der Waals surface area contributed by atoms with Gasteiger partial charge in [-0.2, -0.15) is 0 Å². The van der Waals surface area contributed by atoms with Gasteiger partial charge in [0.05, 0.1) is 7.11 Å². The summed E-state index contributed by atoms with van der Waals surface area (Å²) in [5, 5.41) is 12.5. The van der Waals surface area contributed by atoms with Crippen molar-refractivity contribution in [2.75, 3.05) is 7.11 Å². The van der Waals surface area contributed by atoms with E-state index < -0.39 is 5.97 Å². The molecule has 1 heterocycles. The Labute approximate surface area is 111 Å². The summed E-state index contributed by atoms with van der Waals surface area (Å²) in [7, 11) is 1.57. The van der Waals surface area contributed by atoms with Crippen molar-refractivity contribution in [3.8, 4) is 17.0 Å². The molecule has 1 aromatic heterocycles. The van der Waals surface area contributed by atoms with Crippen LogP contribution in [-0.4, -0.2) is 23.3 Å². The Morgan fingerprint density at radius 2 is 2.17 bits per heavy atom. The average Bonchev–Trinajstić information content (AvgIpc) is 2.82. The number of methoxy groups -OCH3 is 1. The number of benzene rings is 1. The highest BCUT2D eigenvalue weighted by molar-refractivity contribution is 9.10. The molecule has 18 heavy (non-hydrogen) atoms. The zero-order valence-electron chi connectivity index (χ0n) is 9.73. The molecule has 6 heteroatoms. The number of aromatic carboxylic acids is 1. The number of hydrogen-bond acceptors (Lipinski definition) is 4. The third-order valence-corrected chi connectivity index (χ3v) is 3.36. The number of rotatable bonds is 3. The maximum absolute atomic E-state index is 10.7. The van der Waals surface area contributed by atoms with Crippen LogP contribution in [0.2, 0.25) is 0 Å². The molecule has 0 unspecified atom stereocenters. The quantitative estimate of drug-likeness (QED) is 0.942. The van der Waals surface area contributed by atoms with Crippen LogP contribution in [0.4, 0.5) is 0 Å². The van der Waals surface area contributed by atoms with Crippen molar-refractivity contribution in [1.82, 2.24) is 5.16 Å². The number of aromatic nitrogens is 1. The second kappa shape index (κ2) is 4.81. The zero-order valence-corrected chi connectivity index (χ0v) is 11.3. The third-order valence-electron chi connectivity index (χ3n) is 2.53. The first-order valence-electron chi connectivity index (χ1n) is 5.07. The summed E-state index contributed by atoms with van der Waals surface area (Å²) in [4.78, 5) is 10.7. The SMILES string of the molecule is COc1cc(-c2cc(C(=O)O)on2)cc(Br)c1C. The lowest BCUT2D eigenvalue weighted by atomic mass is 10.1. The van der Waals surface area contributed by atoms with E-state index in [1.807, 2.05) is 13.0 Å². The van der Waals surface area contributed by atoms with Crippen LogP contribution in [0.1, 0.15) is 16.1 Å². The number of carboxylic acid groups (broad SMARTS) is 1. The Balaban J connectivity index is 2.50. The molecule has 1 aromatic carbocycles. The van der Waals surface area contributed by atoms with Gasteiger partial charge in [-0.1, -0.05) is 21.1 Å². The first-order valence-corrected chi connectivity index (χ1v) is 5.86. The Morgan fingerprint density at radius 1 is 1.44 bits per heavy atom. The van der Waals surface area contributed by atoms with Crippen molar-refractivity contribution in [3.05, 3.63) is 34.0 Å². The van der Waals surface area contributed by atoms with Crippen molar-refractivity contribution in [2.24, 2.45) is 0 Å². The van der Waals surface area contributed by atoms with Gasteiger partial charge in [0.15, 0.2) is 0 Å². The van der Waals surface area contributed by atoms with E-state index in [2.05, 4.69) is 21.1 Å². The van der Waals surface area contributed by atoms with E-state index in [9.17, 15) is 4.79 Å². The van der Waals surface area contributed by atoms with Gasteiger partial charge >= 0.3 is 5.97 Å². The maximum Gasteiger partial charge on any atom is 0.374 e. The number of carbonyl (C=O) groups is 1. The van der Waals surface area contributed by atoms with Gasteiger partial charge in [0.2, 0.25) is 5.76 Å². The van der Waals surface area contributed by atoms with Gasteiger partial charge in [0.1, 0.15) is 11.4 Å². The second-order valence-electron chi connectivity index (χ2n) is 3.67. The molecule has 0 saturated heterocycles. The predicted molar refractivity (Wildman–Crippen MR) is 67.9 cm³/mol. The molecule has 0 bridgehead atoms.